The van der Waals surface area contributed by atoms with Crippen LogP contribution in [0.1, 0.15) is 13.8 Å². The Balaban J connectivity index is 2.16. The number of nitrogens with zero attached hydrogens (tertiary/aromatic N) is 2. The lowest BCUT2D eigenvalue weighted by Gasteiger charge is -2.27. The van der Waals surface area contributed by atoms with E-state index < -0.39 is 10.2 Å². The third-order valence-electron chi connectivity index (χ3n) is 2.77. The molecule has 2 N–H and O–H groups in total. The van der Waals surface area contributed by atoms with Crippen LogP contribution in [0.2, 0.25) is 0 Å². The summed E-state index contributed by atoms with van der Waals surface area (Å²) in [5.41, 5.74) is 0.361. The van der Waals surface area contributed by atoms with Gasteiger partial charge in [-0.25, -0.2) is 4.98 Å². The van der Waals surface area contributed by atoms with E-state index in [1.165, 1.54) is 4.31 Å². The maximum atomic E-state index is 12.3. The Labute approximate surface area is 119 Å². The van der Waals surface area contributed by atoms with Gasteiger partial charge in [-0.3, -0.25) is 4.72 Å². The molecule has 2 heterocycles. The zero-order valence-corrected chi connectivity index (χ0v) is 12.5. The van der Waals surface area contributed by atoms with Crippen LogP contribution in [0.4, 0.5) is 5.69 Å². The van der Waals surface area contributed by atoms with Crippen molar-refractivity contribution in [2.75, 3.05) is 30.9 Å². The molecule has 0 amide bonds. The summed E-state index contributed by atoms with van der Waals surface area (Å²) in [6.07, 6.45) is 1.49. The molecule has 0 radical (unpaired) electrons. The Bertz CT molecular complexity index is 541. The predicted molar refractivity (Wildman–Crippen MR) is 77.0 cm³/mol. The summed E-state index contributed by atoms with van der Waals surface area (Å²) in [5.74, 6) is 0.293. The van der Waals surface area contributed by atoms with Crippen LogP contribution in [0.15, 0.2) is 18.3 Å². The number of hydrogen-bond acceptors (Lipinski definition) is 5. The maximum absolute atomic E-state index is 12.3. The van der Waals surface area contributed by atoms with E-state index in [0.717, 1.165) is 0 Å². The Hall–Kier alpha value is -1.38. The first kappa shape index (κ1) is 15.0. The maximum Gasteiger partial charge on any atom is 0.301 e. The summed E-state index contributed by atoms with van der Waals surface area (Å²) in [5, 5.41) is 3.12. The minimum atomic E-state index is -3.57. The molecule has 1 aliphatic rings. The summed E-state index contributed by atoms with van der Waals surface area (Å²) < 4.78 is 34.1. The molecule has 112 valence electrons. The molecule has 1 aliphatic heterocycles. The van der Waals surface area contributed by atoms with E-state index in [1.807, 2.05) is 13.8 Å². The molecule has 8 heteroatoms. The zero-order chi connectivity index (χ0) is 14.6. The molecule has 1 aromatic heterocycles. The third-order valence-corrected chi connectivity index (χ3v) is 4.30. The van der Waals surface area contributed by atoms with Crippen molar-refractivity contribution in [2.45, 2.75) is 20.0 Å². The molecule has 0 saturated carbocycles. The largest absolute Gasteiger partial charge is 0.473 e. The third kappa shape index (κ3) is 3.81. The second kappa shape index (κ2) is 6.38. The van der Waals surface area contributed by atoms with E-state index in [-0.39, 0.29) is 6.10 Å². The van der Waals surface area contributed by atoms with Crippen LogP contribution < -0.4 is 14.8 Å². The second-order valence-corrected chi connectivity index (χ2v) is 6.45. The summed E-state index contributed by atoms with van der Waals surface area (Å²) >= 11 is 0. The smallest absolute Gasteiger partial charge is 0.301 e. The molecule has 7 nitrogen and oxygen atoms in total. The molecule has 0 aromatic carbocycles. The molecule has 0 unspecified atom stereocenters. The number of pyridine rings is 1. The van der Waals surface area contributed by atoms with Gasteiger partial charge in [0.05, 0.1) is 6.10 Å². The van der Waals surface area contributed by atoms with Crippen LogP contribution in [-0.2, 0) is 10.2 Å². The monoisotopic (exact) mass is 300 g/mol. The quantitative estimate of drug-likeness (QED) is 0.824. The molecule has 20 heavy (non-hydrogen) atoms. The molecule has 0 spiro atoms. The van der Waals surface area contributed by atoms with E-state index >= 15 is 0 Å². The fraction of sp³-hybridized carbons (Fsp3) is 0.583. The Kier molecular flexibility index (Phi) is 4.79. The van der Waals surface area contributed by atoms with Crippen molar-refractivity contribution in [3.8, 4) is 5.88 Å². The first-order valence-electron chi connectivity index (χ1n) is 6.59. The summed E-state index contributed by atoms with van der Waals surface area (Å²) in [7, 11) is -3.57. The fourth-order valence-electron chi connectivity index (χ4n) is 1.87. The highest BCUT2D eigenvalue weighted by Gasteiger charge is 2.25. The minimum Gasteiger partial charge on any atom is -0.473 e. The predicted octanol–water partition coefficient (Wildman–Crippen LogP) is 0.431. The molecular weight excluding hydrogens is 280 g/mol. The van der Waals surface area contributed by atoms with Gasteiger partial charge in [-0.05, 0) is 26.0 Å². The number of hydrogen-bond donors (Lipinski definition) is 2. The van der Waals surface area contributed by atoms with Crippen molar-refractivity contribution in [1.29, 1.82) is 0 Å². The van der Waals surface area contributed by atoms with Crippen LogP contribution in [0.3, 0.4) is 0 Å². The van der Waals surface area contributed by atoms with Gasteiger partial charge in [-0.1, -0.05) is 0 Å². The molecule has 1 aromatic rings. The molecule has 0 aliphatic carbocycles. The van der Waals surface area contributed by atoms with Crippen LogP contribution >= 0.6 is 0 Å². The van der Waals surface area contributed by atoms with Crippen LogP contribution in [0.5, 0.6) is 5.88 Å². The van der Waals surface area contributed by atoms with Crippen molar-refractivity contribution in [3.63, 3.8) is 0 Å². The minimum absolute atomic E-state index is 0.0765. The number of anilines is 1. The molecule has 0 bridgehead atoms. The molecule has 1 saturated heterocycles. The van der Waals surface area contributed by atoms with Crippen molar-refractivity contribution in [1.82, 2.24) is 14.6 Å². The van der Waals surface area contributed by atoms with Gasteiger partial charge in [0.25, 0.3) is 0 Å². The van der Waals surface area contributed by atoms with Gasteiger partial charge in [0, 0.05) is 32.4 Å². The van der Waals surface area contributed by atoms with E-state index in [2.05, 4.69) is 15.0 Å². The van der Waals surface area contributed by atoms with E-state index in [4.69, 9.17) is 4.74 Å². The SMILES string of the molecule is CC(C)Oc1ncccc1NS(=O)(=O)N1CCNCC1. The average molecular weight is 300 g/mol. The highest BCUT2D eigenvalue weighted by Crippen LogP contribution is 2.23. The molecule has 2 rings (SSSR count). The van der Waals surface area contributed by atoms with Crippen LogP contribution in [0.25, 0.3) is 0 Å². The van der Waals surface area contributed by atoms with Crippen molar-refractivity contribution in [3.05, 3.63) is 18.3 Å². The van der Waals surface area contributed by atoms with Gasteiger partial charge < -0.3 is 10.1 Å². The number of rotatable bonds is 5. The molecular formula is C12H20N4O3S. The van der Waals surface area contributed by atoms with E-state index in [0.29, 0.717) is 37.7 Å². The normalized spacial score (nSPS) is 17.1. The van der Waals surface area contributed by atoms with Crippen molar-refractivity contribution < 1.29 is 13.2 Å². The molecule has 1 fully saturated rings. The lowest BCUT2D eigenvalue weighted by atomic mass is 10.4. The first-order chi connectivity index (χ1) is 9.49. The van der Waals surface area contributed by atoms with Crippen LogP contribution in [0, 0.1) is 0 Å². The van der Waals surface area contributed by atoms with Gasteiger partial charge in [0.1, 0.15) is 5.69 Å². The topological polar surface area (TPSA) is 83.6 Å². The standard InChI is InChI=1S/C12H20N4O3S/c1-10(2)19-12-11(4-3-5-14-12)15-20(17,18)16-8-6-13-7-9-16/h3-5,10,13,15H,6-9H2,1-2H3. The van der Waals surface area contributed by atoms with Crippen molar-refractivity contribution >= 4 is 15.9 Å². The number of piperazine rings is 1. The summed E-state index contributed by atoms with van der Waals surface area (Å²) in [4.78, 5) is 4.07. The fourth-order valence-corrected chi connectivity index (χ4v) is 3.10. The van der Waals surface area contributed by atoms with Gasteiger partial charge in [0.2, 0.25) is 5.88 Å². The van der Waals surface area contributed by atoms with Crippen molar-refractivity contribution in [2.24, 2.45) is 0 Å². The number of aromatic nitrogens is 1. The summed E-state index contributed by atoms with van der Waals surface area (Å²) in [6.45, 7) is 5.95. The highest BCUT2D eigenvalue weighted by atomic mass is 32.2. The Morgan fingerprint density at radius 2 is 2.10 bits per heavy atom. The lowest BCUT2D eigenvalue weighted by Crippen LogP contribution is -2.48. The Morgan fingerprint density at radius 1 is 1.40 bits per heavy atom. The van der Waals surface area contributed by atoms with Gasteiger partial charge in [-0.15, -0.1) is 0 Å². The van der Waals surface area contributed by atoms with E-state index in [1.54, 1.807) is 18.3 Å². The highest BCUT2D eigenvalue weighted by molar-refractivity contribution is 7.90. The zero-order valence-electron chi connectivity index (χ0n) is 11.7. The first-order valence-corrected chi connectivity index (χ1v) is 8.03. The number of ether oxygens (including phenoxy) is 1. The lowest BCUT2D eigenvalue weighted by molar-refractivity contribution is 0.234. The molecule has 0 atom stereocenters. The number of nitrogens with one attached hydrogen (secondary N) is 2. The van der Waals surface area contributed by atoms with Gasteiger partial charge >= 0.3 is 10.2 Å². The average Bonchev–Trinajstić information content (AvgIpc) is 2.41. The second-order valence-electron chi connectivity index (χ2n) is 4.78. The van der Waals surface area contributed by atoms with Gasteiger partial charge in [-0.2, -0.15) is 12.7 Å². The Morgan fingerprint density at radius 3 is 2.75 bits per heavy atom. The van der Waals surface area contributed by atoms with E-state index in [9.17, 15) is 8.42 Å². The van der Waals surface area contributed by atoms with Crippen LogP contribution in [-0.4, -0.2) is 50.0 Å². The summed E-state index contributed by atoms with van der Waals surface area (Å²) in [6, 6.07) is 3.31. The van der Waals surface area contributed by atoms with Gasteiger partial charge in [0.15, 0.2) is 0 Å².